The molecule has 1 amide bonds. The van der Waals surface area contributed by atoms with Crippen molar-refractivity contribution < 1.29 is 17.9 Å². The topological polar surface area (TPSA) is 79.0 Å². The minimum absolute atomic E-state index is 0.0522. The van der Waals surface area contributed by atoms with Crippen LogP contribution in [-0.4, -0.2) is 58.0 Å². The summed E-state index contributed by atoms with van der Waals surface area (Å²) in [7, 11) is -3.63. The van der Waals surface area contributed by atoms with Crippen LogP contribution in [0.25, 0.3) is 0 Å². The van der Waals surface area contributed by atoms with Crippen LogP contribution in [0.4, 0.5) is 11.4 Å². The van der Waals surface area contributed by atoms with Crippen molar-refractivity contribution in [1.82, 2.24) is 4.31 Å². The average Bonchev–Trinajstić information content (AvgIpc) is 2.76. The highest BCUT2D eigenvalue weighted by molar-refractivity contribution is 7.89. The maximum Gasteiger partial charge on any atom is 0.243 e. The Kier molecular flexibility index (Phi) is 7.32. The molecule has 0 radical (unpaired) electrons. The van der Waals surface area contributed by atoms with Crippen LogP contribution in [0, 0.1) is 5.92 Å². The standard InChI is InChI=1S/C21H31N3O4S/c1-3-23(4-2)20-11-10-18(29(26,27)24-12-14-28-15-13-24)16-19(20)22-21(25)17-8-6-5-7-9-17/h5-6,10-11,16-17H,3-4,7-9,12-15H2,1-2H3,(H,22,25). The van der Waals surface area contributed by atoms with Crippen molar-refractivity contribution in [3.05, 3.63) is 30.4 Å². The lowest BCUT2D eigenvalue weighted by molar-refractivity contribution is -0.120. The largest absolute Gasteiger partial charge is 0.379 e. The molecule has 1 heterocycles. The molecule has 1 atom stereocenters. The number of rotatable bonds is 7. The molecular formula is C21H31N3O4S. The number of benzene rings is 1. The first-order valence-corrected chi connectivity index (χ1v) is 11.8. The number of nitrogens with one attached hydrogen (secondary N) is 1. The Labute approximate surface area is 173 Å². The van der Waals surface area contributed by atoms with E-state index in [0.717, 1.165) is 38.0 Å². The van der Waals surface area contributed by atoms with E-state index in [0.29, 0.717) is 32.0 Å². The summed E-state index contributed by atoms with van der Waals surface area (Å²) in [5, 5.41) is 3.02. The first-order valence-electron chi connectivity index (χ1n) is 10.4. The fourth-order valence-electron chi connectivity index (χ4n) is 3.82. The van der Waals surface area contributed by atoms with Crippen LogP contribution in [0.1, 0.15) is 33.1 Å². The van der Waals surface area contributed by atoms with Gasteiger partial charge in [-0.3, -0.25) is 4.79 Å². The number of allylic oxidation sites excluding steroid dienone is 2. The predicted molar refractivity (Wildman–Crippen MR) is 115 cm³/mol. The van der Waals surface area contributed by atoms with E-state index in [1.165, 1.54) is 4.31 Å². The van der Waals surface area contributed by atoms with Gasteiger partial charge >= 0.3 is 0 Å². The maximum atomic E-state index is 13.1. The first-order chi connectivity index (χ1) is 14.0. The van der Waals surface area contributed by atoms with Crippen LogP contribution in [0.2, 0.25) is 0 Å². The molecule has 8 heteroatoms. The summed E-state index contributed by atoms with van der Waals surface area (Å²) in [4.78, 5) is 15.2. The molecule has 1 N–H and O–H groups in total. The van der Waals surface area contributed by atoms with E-state index >= 15 is 0 Å². The molecule has 1 aromatic carbocycles. The second-order valence-corrected chi connectivity index (χ2v) is 9.28. The quantitative estimate of drug-likeness (QED) is 0.685. The molecule has 1 aromatic rings. The summed E-state index contributed by atoms with van der Waals surface area (Å²) >= 11 is 0. The van der Waals surface area contributed by atoms with Crippen molar-refractivity contribution in [3.63, 3.8) is 0 Å². The molecule has 0 aromatic heterocycles. The Bertz CT molecular complexity index is 843. The molecule has 2 aliphatic rings. The molecule has 1 fully saturated rings. The second-order valence-electron chi connectivity index (χ2n) is 7.34. The van der Waals surface area contributed by atoms with Crippen molar-refractivity contribution in [2.45, 2.75) is 38.0 Å². The van der Waals surface area contributed by atoms with Crippen LogP contribution in [-0.2, 0) is 19.6 Å². The average molecular weight is 422 g/mol. The molecule has 1 unspecified atom stereocenters. The van der Waals surface area contributed by atoms with Crippen LogP contribution in [0.15, 0.2) is 35.2 Å². The summed E-state index contributed by atoms with van der Waals surface area (Å²) in [6.07, 6.45) is 6.57. The van der Waals surface area contributed by atoms with Crippen LogP contribution in [0.5, 0.6) is 0 Å². The number of ether oxygens (including phenoxy) is 1. The fraction of sp³-hybridized carbons (Fsp3) is 0.571. The van der Waals surface area contributed by atoms with Gasteiger partial charge in [0, 0.05) is 32.1 Å². The molecule has 1 aliphatic carbocycles. The Morgan fingerprint density at radius 1 is 1.21 bits per heavy atom. The zero-order chi connectivity index (χ0) is 20.9. The highest BCUT2D eigenvalue weighted by Crippen LogP contribution is 2.31. The van der Waals surface area contributed by atoms with Crippen molar-refractivity contribution in [2.75, 3.05) is 49.6 Å². The van der Waals surface area contributed by atoms with Gasteiger partial charge in [0.2, 0.25) is 15.9 Å². The van der Waals surface area contributed by atoms with E-state index in [2.05, 4.69) is 16.3 Å². The highest BCUT2D eigenvalue weighted by atomic mass is 32.2. The molecule has 0 bridgehead atoms. The van der Waals surface area contributed by atoms with Gasteiger partial charge in [-0.2, -0.15) is 4.31 Å². The van der Waals surface area contributed by atoms with Crippen molar-refractivity contribution in [1.29, 1.82) is 0 Å². The molecule has 160 valence electrons. The summed E-state index contributed by atoms with van der Waals surface area (Å²) in [5.41, 5.74) is 1.40. The van der Waals surface area contributed by atoms with Gasteiger partial charge in [-0.1, -0.05) is 12.2 Å². The van der Waals surface area contributed by atoms with E-state index in [9.17, 15) is 13.2 Å². The summed E-state index contributed by atoms with van der Waals surface area (Å²) in [5.74, 6) is -0.132. The smallest absolute Gasteiger partial charge is 0.243 e. The fourth-order valence-corrected chi connectivity index (χ4v) is 5.25. The number of sulfonamides is 1. The molecule has 29 heavy (non-hydrogen) atoms. The SMILES string of the molecule is CCN(CC)c1ccc(S(=O)(=O)N2CCOCC2)cc1NC(=O)C1CC=CCC1. The second kappa shape index (κ2) is 9.73. The Balaban J connectivity index is 1.92. The number of carbonyl (C=O) groups excluding carboxylic acids is 1. The number of morpholine rings is 1. The van der Waals surface area contributed by atoms with Crippen molar-refractivity contribution in [3.8, 4) is 0 Å². The van der Waals surface area contributed by atoms with E-state index in [1.807, 2.05) is 19.9 Å². The number of amides is 1. The van der Waals surface area contributed by atoms with Gasteiger partial charge in [0.1, 0.15) is 0 Å². The van der Waals surface area contributed by atoms with Gasteiger partial charge in [-0.25, -0.2) is 8.42 Å². The predicted octanol–water partition coefficient (Wildman–Crippen LogP) is 2.85. The van der Waals surface area contributed by atoms with Gasteiger partial charge < -0.3 is 15.0 Å². The molecule has 7 nitrogen and oxygen atoms in total. The third-order valence-electron chi connectivity index (χ3n) is 5.58. The Morgan fingerprint density at radius 2 is 1.93 bits per heavy atom. The zero-order valence-electron chi connectivity index (χ0n) is 17.3. The minimum atomic E-state index is -3.63. The third-order valence-corrected chi connectivity index (χ3v) is 7.47. The number of carbonyl (C=O) groups is 1. The van der Waals surface area contributed by atoms with Gasteiger partial charge in [-0.05, 0) is 51.3 Å². The normalized spacial score (nSPS) is 20.4. The zero-order valence-corrected chi connectivity index (χ0v) is 18.1. The van der Waals surface area contributed by atoms with Gasteiger partial charge in [0.15, 0.2) is 0 Å². The molecule has 0 spiro atoms. The molecule has 1 aliphatic heterocycles. The molecule has 3 rings (SSSR count). The molecule has 0 saturated carbocycles. The van der Waals surface area contributed by atoms with Crippen molar-refractivity contribution in [2.24, 2.45) is 5.92 Å². The lowest BCUT2D eigenvalue weighted by atomic mass is 9.93. The first kappa shape index (κ1) is 21.8. The Hall–Kier alpha value is -1.90. The number of hydrogen-bond acceptors (Lipinski definition) is 5. The lowest BCUT2D eigenvalue weighted by Gasteiger charge is -2.28. The third kappa shape index (κ3) is 4.99. The number of nitrogens with zero attached hydrogens (tertiary/aromatic N) is 2. The van der Waals surface area contributed by atoms with Crippen LogP contribution in [0.3, 0.4) is 0 Å². The summed E-state index contributed by atoms with van der Waals surface area (Å²) < 4.78 is 32.9. The van der Waals surface area contributed by atoms with E-state index < -0.39 is 10.0 Å². The lowest BCUT2D eigenvalue weighted by Crippen LogP contribution is -2.40. The number of anilines is 2. The minimum Gasteiger partial charge on any atom is -0.379 e. The van der Waals surface area contributed by atoms with Gasteiger partial charge in [0.25, 0.3) is 0 Å². The van der Waals surface area contributed by atoms with Crippen molar-refractivity contribution >= 4 is 27.3 Å². The number of hydrogen-bond donors (Lipinski definition) is 1. The Morgan fingerprint density at radius 3 is 2.55 bits per heavy atom. The van der Waals surface area contributed by atoms with Gasteiger partial charge in [0.05, 0.1) is 29.5 Å². The van der Waals surface area contributed by atoms with Crippen LogP contribution >= 0.6 is 0 Å². The summed E-state index contributed by atoms with van der Waals surface area (Å²) in [6.45, 7) is 7.10. The highest BCUT2D eigenvalue weighted by Gasteiger charge is 2.28. The molecule has 1 saturated heterocycles. The van der Waals surface area contributed by atoms with E-state index in [4.69, 9.17) is 4.74 Å². The summed E-state index contributed by atoms with van der Waals surface area (Å²) in [6, 6.07) is 5.04. The molecular weight excluding hydrogens is 390 g/mol. The monoisotopic (exact) mass is 421 g/mol. The van der Waals surface area contributed by atoms with Gasteiger partial charge in [-0.15, -0.1) is 0 Å². The van der Waals surface area contributed by atoms with E-state index in [1.54, 1.807) is 18.2 Å². The maximum absolute atomic E-state index is 13.1. The van der Waals surface area contributed by atoms with E-state index in [-0.39, 0.29) is 16.7 Å². The van der Waals surface area contributed by atoms with Crippen LogP contribution < -0.4 is 10.2 Å².